The molecule has 2 amide bonds. The van der Waals surface area contributed by atoms with Crippen LogP contribution in [-0.2, 0) is 0 Å². The van der Waals surface area contributed by atoms with Gasteiger partial charge in [-0.15, -0.1) is 6.42 Å². The van der Waals surface area contributed by atoms with Crippen LogP contribution in [0, 0.1) is 17.8 Å². The summed E-state index contributed by atoms with van der Waals surface area (Å²) in [6, 6.07) is -0.442. The quantitative estimate of drug-likeness (QED) is 0.300. The van der Waals surface area contributed by atoms with E-state index in [-0.39, 0.29) is 11.7 Å². The molecule has 0 aliphatic rings. The van der Waals surface area contributed by atoms with E-state index in [4.69, 9.17) is 11.8 Å². The summed E-state index contributed by atoms with van der Waals surface area (Å²) in [6.45, 7) is 0.174. The Kier molecular flexibility index (Phi) is 5.03. The summed E-state index contributed by atoms with van der Waals surface area (Å²) < 4.78 is 0. The van der Waals surface area contributed by atoms with Gasteiger partial charge in [0.15, 0.2) is 5.17 Å². The molecule has 0 aliphatic carbocycles. The van der Waals surface area contributed by atoms with Gasteiger partial charge in [0, 0.05) is 0 Å². The molecule has 0 radical (unpaired) electrons. The van der Waals surface area contributed by atoms with Crippen molar-refractivity contribution in [3.63, 3.8) is 0 Å². The minimum absolute atomic E-state index is 0.0968. The lowest BCUT2D eigenvalue weighted by Gasteiger charge is -2.02. The number of urea groups is 1. The second kappa shape index (κ2) is 5.62. The summed E-state index contributed by atoms with van der Waals surface area (Å²) in [4.78, 5) is 10.7. The van der Waals surface area contributed by atoms with E-state index in [0.29, 0.717) is 0 Å². The van der Waals surface area contributed by atoms with E-state index in [1.54, 1.807) is 6.26 Å². The minimum Gasteiger partial charge on any atom is -0.327 e. The molecule has 5 heteroatoms. The number of thioether (sulfide) groups is 1. The van der Waals surface area contributed by atoms with Crippen molar-refractivity contribution in [3.8, 4) is 12.3 Å². The molecule has 0 aromatic carbocycles. The first kappa shape index (κ1) is 9.85. The molecule has 0 aromatic rings. The van der Waals surface area contributed by atoms with Gasteiger partial charge >= 0.3 is 6.03 Å². The van der Waals surface area contributed by atoms with Crippen molar-refractivity contribution in [2.75, 3.05) is 12.8 Å². The number of carbonyl (C=O) groups excluding carboxylic acids is 1. The number of terminal acetylenes is 1. The van der Waals surface area contributed by atoms with Crippen LogP contribution in [0.25, 0.3) is 0 Å². The zero-order valence-corrected chi connectivity index (χ0v) is 6.92. The topological polar surface area (TPSA) is 65.0 Å². The monoisotopic (exact) mass is 171 g/mol. The van der Waals surface area contributed by atoms with E-state index >= 15 is 0 Å². The van der Waals surface area contributed by atoms with Crippen molar-refractivity contribution in [2.24, 2.45) is 0 Å². The summed E-state index contributed by atoms with van der Waals surface area (Å²) in [6.07, 6.45) is 6.59. The molecular weight excluding hydrogens is 162 g/mol. The van der Waals surface area contributed by atoms with E-state index in [1.807, 2.05) is 0 Å². The van der Waals surface area contributed by atoms with E-state index in [9.17, 15) is 4.79 Å². The number of hydrogen-bond donors (Lipinski definition) is 3. The van der Waals surface area contributed by atoms with Gasteiger partial charge in [0.2, 0.25) is 0 Å². The lowest BCUT2D eigenvalue weighted by atomic mass is 10.7. The molecule has 0 rings (SSSR count). The van der Waals surface area contributed by atoms with Crippen molar-refractivity contribution in [1.82, 2.24) is 10.6 Å². The Bertz CT molecular complexity index is 196. The maximum Gasteiger partial charge on any atom is 0.321 e. The highest BCUT2D eigenvalue weighted by atomic mass is 32.2. The molecule has 0 fully saturated rings. The number of rotatable bonds is 1. The van der Waals surface area contributed by atoms with Crippen molar-refractivity contribution in [1.29, 1.82) is 5.41 Å². The Hall–Kier alpha value is -1.15. The molecule has 0 heterocycles. The van der Waals surface area contributed by atoms with Gasteiger partial charge in [0.05, 0.1) is 6.54 Å². The third kappa shape index (κ3) is 5.30. The van der Waals surface area contributed by atoms with Crippen LogP contribution in [0.1, 0.15) is 0 Å². The predicted octanol–water partition coefficient (Wildman–Crippen LogP) is 0.217. The molecule has 60 valence electrons. The van der Waals surface area contributed by atoms with Crippen molar-refractivity contribution in [2.45, 2.75) is 0 Å². The van der Waals surface area contributed by atoms with E-state index in [0.717, 1.165) is 11.8 Å². The van der Waals surface area contributed by atoms with Gasteiger partial charge in [0.25, 0.3) is 0 Å². The van der Waals surface area contributed by atoms with Crippen LogP contribution in [0.3, 0.4) is 0 Å². The largest absolute Gasteiger partial charge is 0.327 e. The highest BCUT2D eigenvalue weighted by molar-refractivity contribution is 8.13. The summed E-state index contributed by atoms with van der Waals surface area (Å²) >= 11 is 1.15. The Labute approximate surface area is 69.6 Å². The second-order valence-corrected chi connectivity index (χ2v) is 2.36. The van der Waals surface area contributed by atoms with Crippen LogP contribution in [0.4, 0.5) is 4.79 Å². The zero-order valence-electron chi connectivity index (χ0n) is 6.10. The fourth-order valence-electron chi connectivity index (χ4n) is 0.330. The summed E-state index contributed by atoms with van der Waals surface area (Å²) in [5.74, 6) is 2.24. The lowest BCUT2D eigenvalue weighted by Crippen LogP contribution is -2.37. The van der Waals surface area contributed by atoms with Gasteiger partial charge in [-0.25, -0.2) is 4.79 Å². The molecule has 0 spiro atoms. The Morgan fingerprint density at radius 2 is 2.45 bits per heavy atom. The van der Waals surface area contributed by atoms with Crippen molar-refractivity contribution in [3.05, 3.63) is 0 Å². The molecule has 0 saturated heterocycles. The molecule has 11 heavy (non-hydrogen) atoms. The molecule has 0 aromatic heterocycles. The highest BCUT2D eigenvalue weighted by Gasteiger charge is 1.99. The fraction of sp³-hybridized carbons (Fsp3) is 0.333. The third-order valence-electron chi connectivity index (χ3n) is 0.782. The van der Waals surface area contributed by atoms with E-state index in [2.05, 4.69) is 16.6 Å². The maximum absolute atomic E-state index is 10.7. The van der Waals surface area contributed by atoms with Crippen LogP contribution >= 0.6 is 11.8 Å². The molecular formula is C6H9N3OS. The second-order valence-electron chi connectivity index (χ2n) is 1.55. The Balaban J connectivity index is 3.54. The predicted molar refractivity (Wildman–Crippen MR) is 46.6 cm³/mol. The molecule has 3 N–H and O–H groups in total. The lowest BCUT2D eigenvalue weighted by molar-refractivity contribution is 0.246. The summed E-state index contributed by atoms with van der Waals surface area (Å²) in [5.41, 5.74) is 0. The normalized spacial score (nSPS) is 8.00. The standard InChI is InChI=1S/C6H9N3OS/c1-3-4-8-6(10)9-5(7)11-2/h1H,4H2,2H3,(H3,7,8,9,10). The van der Waals surface area contributed by atoms with Crippen molar-refractivity contribution >= 4 is 23.0 Å². The minimum atomic E-state index is -0.442. The summed E-state index contributed by atoms with van der Waals surface area (Å²) in [7, 11) is 0. The van der Waals surface area contributed by atoms with Gasteiger partial charge in [0.1, 0.15) is 0 Å². The third-order valence-corrected chi connectivity index (χ3v) is 1.29. The van der Waals surface area contributed by atoms with Crippen LogP contribution in [0.2, 0.25) is 0 Å². The van der Waals surface area contributed by atoms with Crippen LogP contribution in [0.15, 0.2) is 0 Å². The Morgan fingerprint density at radius 1 is 1.82 bits per heavy atom. The summed E-state index contributed by atoms with van der Waals surface area (Å²) in [5, 5.41) is 11.8. The molecule has 0 aliphatic heterocycles. The van der Waals surface area contributed by atoms with Crippen LogP contribution in [0.5, 0.6) is 0 Å². The number of amidine groups is 1. The molecule has 0 unspecified atom stereocenters. The van der Waals surface area contributed by atoms with Crippen molar-refractivity contribution < 1.29 is 4.79 Å². The number of nitrogens with one attached hydrogen (secondary N) is 3. The number of hydrogen-bond acceptors (Lipinski definition) is 3. The highest BCUT2D eigenvalue weighted by Crippen LogP contribution is 1.88. The van der Waals surface area contributed by atoms with Gasteiger partial charge in [-0.3, -0.25) is 10.7 Å². The molecule has 0 saturated carbocycles. The average Bonchev–Trinajstić information content (AvgIpc) is 2.00. The number of carbonyl (C=O) groups is 1. The Morgan fingerprint density at radius 3 is 2.91 bits per heavy atom. The van der Waals surface area contributed by atoms with E-state index in [1.165, 1.54) is 0 Å². The van der Waals surface area contributed by atoms with Gasteiger partial charge in [-0.05, 0) is 6.26 Å². The fourth-order valence-corrected chi connectivity index (χ4v) is 0.524. The first-order chi connectivity index (χ1) is 5.20. The molecule has 0 bridgehead atoms. The van der Waals surface area contributed by atoms with Gasteiger partial charge in [-0.1, -0.05) is 17.7 Å². The van der Waals surface area contributed by atoms with Gasteiger partial charge in [-0.2, -0.15) is 0 Å². The SMILES string of the molecule is C#CCNC(=O)NC(=N)SC. The van der Waals surface area contributed by atoms with Crippen LogP contribution in [-0.4, -0.2) is 24.0 Å². The smallest absolute Gasteiger partial charge is 0.321 e. The van der Waals surface area contributed by atoms with Crippen LogP contribution < -0.4 is 10.6 Å². The number of amides is 2. The molecule has 0 atom stereocenters. The first-order valence-electron chi connectivity index (χ1n) is 2.81. The zero-order chi connectivity index (χ0) is 8.69. The average molecular weight is 171 g/mol. The maximum atomic E-state index is 10.7. The van der Waals surface area contributed by atoms with Gasteiger partial charge < -0.3 is 5.32 Å². The first-order valence-corrected chi connectivity index (χ1v) is 4.04. The van der Waals surface area contributed by atoms with E-state index < -0.39 is 6.03 Å². The molecule has 4 nitrogen and oxygen atoms in total.